The lowest BCUT2D eigenvalue weighted by Crippen LogP contribution is -2.41. The number of aryl methyl sites for hydroxylation is 1. The molecule has 2 fully saturated rings. The van der Waals surface area contributed by atoms with Crippen LogP contribution in [-0.4, -0.2) is 16.5 Å². The zero-order valence-corrected chi connectivity index (χ0v) is 18.2. The number of pyridine rings is 1. The number of fused-ring (bicyclic) bond motifs is 5. The van der Waals surface area contributed by atoms with Gasteiger partial charge >= 0.3 is 0 Å². The normalized spacial score (nSPS) is 23.2. The van der Waals surface area contributed by atoms with Crippen molar-refractivity contribution in [2.75, 3.05) is 0 Å². The van der Waals surface area contributed by atoms with Gasteiger partial charge in [0, 0.05) is 35.2 Å². The van der Waals surface area contributed by atoms with Crippen LogP contribution in [0.1, 0.15) is 31.2 Å². The van der Waals surface area contributed by atoms with Gasteiger partial charge in [-0.1, -0.05) is 36.2 Å². The maximum absolute atomic E-state index is 13.0. The van der Waals surface area contributed by atoms with Crippen molar-refractivity contribution in [1.29, 1.82) is 5.26 Å². The van der Waals surface area contributed by atoms with Crippen LogP contribution in [0.15, 0.2) is 41.2 Å². The maximum Gasteiger partial charge on any atom is 0.258 e. The van der Waals surface area contributed by atoms with Gasteiger partial charge in [-0.2, -0.15) is 5.26 Å². The van der Waals surface area contributed by atoms with Crippen molar-refractivity contribution in [3.05, 3.63) is 57.3 Å². The molecule has 0 aliphatic heterocycles. The van der Waals surface area contributed by atoms with Crippen LogP contribution in [0.5, 0.6) is 0 Å². The lowest BCUT2D eigenvalue weighted by atomic mass is 9.88. The minimum atomic E-state index is -0.604. The Balaban J connectivity index is 1.42. The van der Waals surface area contributed by atoms with Crippen LogP contribution < -0.4 is 10.9 Å². The van der Waals surface area contributed by atoms with Gasteiger partial charge in [0.1, 0.15) is 6.04 Å². The molecule has 158 valence electrons. The Hall–Kier alpha value is -2.84. The molecule has 4 atom stereocenters. The number of carbonyl (C=O) groups excluding carboxylic acids is 1. The number of aromatic nitrogens is 1. The fourth-order valence-corrected chi connectivity index (χ4v) is 5.81. The number of hydrogen-bond acceptors (Lipinski definition) is 3. The summed E-state index contributed by atoms with van der Waals surface area (Å²) in [4.78, 5) is 25.7. The third-order valence-corrected chi connectivity index (χ3v) is 7.45. The van der Waals surface area contributed by atoms with E-state index in [-0.39, 0.29) is 17.4 Å². The Kier molecular flexibility index (Phi) is 4.98. The summed E-state index contributed by atoms with van der Waals surface area (Å²) in [7, 11) is 1.74. The second-order valence-electron chi connectivity index (χ2n) is 9.08. The zero-order chi connectivity index (χ0) is 21.7. The highest BCUT2D eigenvalue weighted by Crippen LogP contribution is 2.48. The van der Waals surface area contributed by atoms with Crippen molar-refractivity contribution in [2.45, 2.75) is 38.1 Å². The van der Waals surface area contributed by atoms with Gasteiger partial charge in [-0.15, -0.1) is 0 Å². The summed E-state index contributed by atoms with van der Waals surface area (Å²) in [6.45, 7) is 0. The van der Waals surface area contributed by atoms with Crippen molar-refractivity contribution in [3.8, 4) is 6.07 Å². The van der Waals surface area contributed by atoms with Crippen molar-refractivity contribution in [3.63, 3.8) is 0 Å². The third-order valence-electron chi connectivity index (χ3n) is 7.22. The third kappa shape index (κ3) is 3.49. The largest absolute Gasteiger partial charge is 0.340 e. The number of nitriles is 1. The van der Waals surface area contributed by atoms with Crippen LogP contribution in [0.4, 0.5) is 0 Å². The smallest absolute Gasteiger partial charge is 0.258 e. The molecule has 0 spiro atoms. The van der Waals surface area contributed by atoms with Gasteiger partial charge in [0.2, 0.25) is 5.91 Å². The molecule has 2 aliphatic rings. The van der Waals surface area contributed by atoms with Crippen LogP contribution in [0.3, 0.4) is 0 Å². The average molecular weight is 434 g/mol. The van der Waals surface area contributed by atoms with Crippen molar-refractivity contribution >= 4 is 39.2 Å². The van der Waals surface area contributed by atoms with Crippen molar-refractivity contribution in [1.82, 2.24) is 9.88 Å². The second kappa shape index (κ2) is 7.69. The topological polar surface area (TPSA) is 74.9 Å². The SMILES string of the molecule is Cn1c(=O)c2cc(CC(C#N)NC(=O)[C@H]3C[C@@H]4CC[C@H]3C4)ccc2c2ccc(Cl)cc21. The minimum Gasteiger partial charge on any atom is -0.340 e. The Bertz CT molecular complexity index is 1310. The van der Waals surface area contributed by atoms with Crippen LogP contribution in [0, 0.1) is 29.1 Å². The first-order valence-electron chi connectivity index (χ1n) is 10.9. The average Bonchev–Trinajstić information content (AvgIpc) is 3.41. The van der Waals surface area contributed by atoms with Crippen molar-refractivity contribution < 1.29 is 4.79 Å². The zero-order valence-electron chi connectivity index (χ0n) is 17.4. The number of amides is 1. The van der Waals surface area contributed by atoms with E-state index >= 15 is 0 Å². The minimum absolute atomic E-state index is 0.0123. The molecular formula is C25H24ClN3O2. The van der Waals surface area contributed by atoms with Crippen LogP contribution in [0.2, 0.25) is 5.02 Å². The van der Waals surface area contributed by atoms with E-state index in [1.165, 1.54) is 6.42 Å². The highest BCUT2D eigenvalue weighted by atomic mass is 35.5. The summed E-state index contributed by atoms with van der Waals surface area (Å²) in [5, 5.41) is 15.6. The van der Waals surface area contributed by atoms with Crippen molar-refractivity contribution in [2.24, 2.45) is 24.8 Å². The molecule has 3 aromatic rings. The molecule has 5 nitrogen and oxygen atoms in total. The van der Waals surface area contributed by atoms with Gasteiger partial charge < -0.3 is 9.88 Å². The first-order valence-corrected chi connectivity index (χ1v) is 11.2. The van der Waals surface area contributed by atoms with E-state index in [0.717, 1.165) is 41.1 Å². The molecule has 5 rings (SSSR count). The summed E-state index contributed by atoms with van der Waals surface area (Å²) < 4.78 is 1.60. The van der Waals surface area contributed by atoms with E-state index in [1.54, 1.807) is 17.7 Å². The summed E-state index contributed by atoms with van der Waals surface area (Å²) in [5.41, 5.74) is 1.54. The first kappa shape index (κ1) is 20.1. The predicted octanol–water partition coefficient (Wildman–Crippen LogP) is 4.33. The van der Waals surface area contributed by atoms with Gasteiger partial charge in [-0.3, -0.25) is 9.59 Å². The highest BCUT2D eigenvalue weighted by Gasteiger charge is 2.43. The number of hydrogen-bond donors (Lipinski definition) is 1. The Morgan fingerprint density at radius 1 is 1.19 bits per heavy atom. The molecular weight excluding hydrogens is 410 g/mol. The van der Waals surface area contributed by atoms with E-state index in [2.05, 4.69) is 11.4 Å². The number of nitrogens with zero attached hydrogens (tertiary/aromatic N) is 2. The molecule has 31 heavy (non-hydrogen) atoms. The Labute approximate surface area is 185 Å². The molecule has 0 saturated heterocycles. The Morgan fingerprint density at radius 2 is 2.00 bits per heavy atom. The molecule has 0 radical (unpaired) electrons. The van der Waals surface area contributed by atoms with E-state index in [0.29, 0.717) is 28.7 Å². The molecule has 2 saturated carbocycles. The van der Waals surface area contributed by atoms with Gasteiger partial charge in [-0.05, 0) is 60.2 Å². The predicted molar refractivity (Wildman–Crippen MR) is 122 cm³/mol. The number of rotatable bonds is 4. The highest BCUT2D eigenvalue weighted by molar-refractivity contribution is 6.31. The quantitative estimate of drug-likeness (QED) is 0.622. The molecule has 2 aromatic carbocycles. The first-order chi connectivity index (χ1) is 14.9. The van der Waals surface area contributed by atoms with E-state index < -0.39 is 6.04 Å². The molecule has 2 bridgehead atoms. The molecule has 2 aliphatic carbocycles. The van der Waals surface area contributed by atoms with Crippen LogP contribution >= 0.6 is 11.6 Å². The van der Waals surface area contributed by atoms with Gasteiger partial charge in [-0.25, -0.2) is 0 Å². The van der Waals surface area contributed by atoms with Gasteiger partial charge in [0.25, 0.3) is 5.56 Å². The number of benzene rings is 2. The van der Waals surface area contributed by atoms with Gasteiger partial charge in [0.05, 0.1) is 11.6 Å². The van der Waals surface area contributed by atoms with E-state index in [4.69, 9.17) is 11.6 Å². The number of halogens is 1. The molecule has 1 aromatic heterocycles. The molecule has 1 N–H and O–H groups in total. The lowest BCUT2D eigenvalue weighted by Gasteiger charge is -2.22. The Morgan fingerprint density at radius 3 is 2.71 bits per heavy atom. The van der Waals surface area contributed by atoms with Crippen LogP contribution in [-0.2, 0) is 18.3 Å². The fraction of sp³-hybridized carbons (Fsp3) is 0.400. The lowest BCUT2D eigenvalue weighted by molar-refractivity contribution is -0.126. The maximum atomic E-state index is 13.0. The van der Waals surface area contributed by atoms with E-state index in [9.17, 15) is 14.9 Å². The second-order valence-corrected chi connectivity index (χ2v) is 9.52. The van der Waals surface area contributed by atoms with Gasteiger partial charge in [0.15, 0.2) is 0 Å². The summed E-state index contributed by atoms with van der Waals surface area (Å²) in [6, 6.07) is 12.9. The van der Waals surface area contributed by atoms with E-state index in [1.807, 2.05) is 30.3 Å². The van der Waals surface area contributed by atoms with Crippen LogP contribution in [0.25, 0.3) is 21.7 Å². The molecule has 6 heteroatoms. The molecule has 1 amide bonds. The number of carbonyl (C=O) groups is 1. The summed E-state index contributed by atoms with van der Waals surface area (Å²) >= 11 is 6.12. The summed E-state index contributed by atoms with van der Waals surface area (Å²) in [6.07, 6.45) is 4.86. The summed E-state index contributed by atoms with van der Waals surface area (Å²) in [5.74, 6) is 1.23. The molecule has 1 unspecified atom stereocenters. The monoisotopic (exact) mass is 433 g/mol. The standard InChI is InChI=1S/C25H24ClN3O2/c1-29-23-12-17(26)5-7-20(23)19-6-3-15(11-22(19)25(29)31)9-18(13-27)28-24(30)21-10-14-2-4-16(21)8-14/h3,5-7,11-12,14,16,18,21H,2,4,8-10H2,1H3,(H,28,30)/t14-,16+,18?,21+/m1/s1. The number of nitrogens with one attached hydrogen (secondary N) is 1. The fourth-order valence-electron chi connectivity index (χ4n) is 5.64. The molecule has 1 heterocycles.